The molecule has 0 aromatic carbocycles. The monoisotopic (exact) mass is 191 g/mol. The highest BCUT2D eigenvalue weighted by Crippen LogP contribution is 1.93. The molecule has 14 heavy (non-hydrogen) atoms. The molecule has 4 heteroatoms. The third kappa shape index (κ3) is 2.94. The highest BCUT2D eigenvalue weighted by Gasteiger charge is 2.06. The van der Waals surface area contributed by atoms with Crippen molar-refractivity contribution < 1.29 is 4.79 Å². The van der Waals surface area contributed by atoms with E-state index in [4.69, 9.17) is 0 Å². The van der Waals surface area contributed by atoms with Crippen LogP contribution in [-0.4, -0.2) is 22.0 Å². The van der Waals surface area contributed by atoms with Crippen molar-refractivity contribution >= 4 is 5.91 Å². The number of carbonyl (C=O) groups excluding carboxylic acids is 1. The van der Waals surface area contributed by atoms with Crippen LogP contribution in [0, 0.1) is 11.8 Å². The molecule has 0 atom stereocenters. The lowest BCUT2D eigenvalue weighted by Gasteiger charge is -1.98. The number of aryl methyl sites for hydroxylation is 1. The second-order valence-electron chi connectivity index (χ2n) is 2.86. The zero-order valence-corrected chi connectivity index (χ0v) is 8.37. The first-order valence-corrected chi connectivity index (χ1v) is 4.40. The van der Waals surface area contributed by atoms with E-state index in [0.29, 0.717) is 18.7 Å². The molecule has 1 aromatic rings. The molecule has 0 spiro atoms. The van der Waals surface area contributed by atoms with Gasteiger partial charge in [-0.25, -0.2) is 4.98 Å². The molecule has 0 saturated carbocycles. The molecule has 4 nitrogen and oxygen atoms in total. The summed E-state index contributed by atoms with van der Waals surface area (Å²) in [6.45, 7) is 2.34. The molecule has 0 saturated heterocycles. The van der Waals surface area contributed by atoms with Gasteiger partial charge in [0.1, 0.15) is 5.69 Å². The Hall–Kier alpha value is -1.76. The minimum Gasteiger partial charge on any atom is -0.350 e. The lowest BCUT2D eigenvalue weighted by atomic mass is 10.4. The molecule has 1 N–H and O–H groups in total. The van der Waals surface area contributed by atoms with E-state index in [1.54, 1.807) is 24.0 Å². The Morgan fingerprint density at radius 2 is 2.50 bits per heavy atom. The number of imidazole rings is 1. The molecule has 74 valence electrons. The van der Waals surface area contributed by atoms with Gasteiger partial charge in [0.25, 0.3) is 5.91 Å². The van der Waals surface area contributed by atoms with E-state index >= 15 is 0 Å². The summed E-state index contributed by atoms with van der Waals surface area (Å²) in [6.07, 6.45) is 3.96. The van der Waals surface area contributed by atoms with E-state index in [2.05, 4.69) is 22.1 Å². The van der Waals surface area contributed by atoms with Gasteiger partial charge in [-0.3, -0.25) is 4.79 Å². The summed E-state index contributed by atoms with van der Waals surface area (Å²) in [5, 5.41) is 2.73. The Morgan fingerprint density at radius 3 is 3.07 bits per heavy atom. The summed E-state index contributed by atoms with van der Waals surface area (Å²) < 4.78 is 1.74. The fourth-order valence-electron chi connectivity index (χ4n) is 0.984. The van der Waals surface area contributed by atoms with Crippen LogP contribution in [0.1, 0.15) is 23.8 Å². The van der Waals surface area contributed by atoms with Gasteiger partial charge in [-0.15, -0.1) is 11.8 Å². The largest absolute Gasteiger partial charge is 0.350 e. The van der Waals surface area contributed by atoms with Gasteiger partial charge in [-0.05, 0) is 6.92 Å². The number of carbonyl (C=O) groups is 1. The maximum atomic E-state index is 11.4. The third-order valence-electron chi connectivity index (χ3n) is 1.65. The SMILES string of the molecule is CC#CCCNC(=O)c1cn(C)cn1. The number of nitrogens with one attached hydrogen (secondary N) is 1. The Bertz CT molecular complexity index is 370. The highest BCUT2D eigenvalue weighted by atomic mass is 16.1. The number of aromatic nitrogens is 2. The third-order valence-corrected chi connectivity index (χ3v) is 1.65. The van der Waals surface area contributed by atoms with Gasteiger partial charge in [0.05, 0.1) is 6.33 Å². The number of amides is 1. The minimum absolute atomic E-state index is 0.150. The quantitative estimate of drug-likeness (QED) is 0.560. The predicted octanol–water partition coefficient (Wildman–Crippen LogP) is 0.563. The smallest absolute Gasteiger partial charge is 0.271 e. The molecule has 0 unspecified atom stereocenters. The van der Waals surface area contributed by atoms with Crippen LogP contribution in [0.2, 0.25) is 0 Å². The summed E-state index contributed by atoms with van der Waals surface area (Å²) in [5.41, 5.74) is 0.442. The zero-order valence-electron chi connectivity index (χ0n) is 8.37. The molecular weight excluding hydrogens is 178 g/mol. The molecule has 0 fully saturated rings. The van der Waals surface area contributed by atoms with Crippen molar-refractivity contribution in [2.75, 3.05) is 6.54 Å². The van der Waals surface area contributed by atoms with E-state index in [9.17, 15) is 4.79 Å². The predicted molar refractivity (Wildman–Crippen MR) is 53.6 cm³/mol. The van der Waals surface area contributed by atoms with E-state index in [1.807, 2.05) is 7.05 Å². The first kappa shape index (κ1) is 10.3. The molecular formula is C10H13N3O. The second kappa shape index (κ2) is 5.07. The Morgan fingerprint density at radius 1 is 1.71 bits per heavy atom. The number of nitrogens with zero attached hydrogens (tertiary/aromatic N) is 2. The van der Waals surface area contributed by atoms with Crippen molar-refractivity contribution in [3.63, 3.8) is 0 Å². The summed E-state index contributed by atoms with van der Waals surface area (Å²) in [5.74, 6) is 5.48. The molecule has 0 aliphatic heterocycles. The van der Waals surface area contributed by atoms with Gasteiger partial charge < -0.3 is 9.88 Å². The van der Waals surface area contributed by atoms with Crippen LogP contribution < -0.4 is 5.32 Å². The first-order chi connectivity index (χ1) is 6.74. The molecule has 0 aliphatic rings. The standard InChI is InChI=1S/C10H13N3O/c1-3-4-5-6-11-10(14)9-7-13(2)8-12-9/h7-8H,5-6H2,1-2H3,(H,11,14). The van der Waals surface area contributed by atoms with Gasteiger partial charge in [-0.2, -0.15) is 0 Å². The van der Waals surface area contributed by atoms with Crippen molar-refractivity contribution in [2.24, 2.45) is 7.05 Å². The molecule has 1 amide bonds. The van der Waals surface area contributed by atoms with Crippen LogP contribution in [0.5, 0.6) is 0 Å². The molecule has 1 rings (SSSR count). The Balaban J connectivity index is 2.38. The topological polar surface area (TPSA) is 46.9 Å². The zero-order chi connectivity index (χ0) is 10.4. The Labute approximate surface area is 83.3 Å². The average molecular weight is 191 g/mol. The molecule has 1 aromatic heterocycles. The van der Waals surface area contributed by atoms with Gasteiger partial charge in [0.2, 0.25) is 0 Å². The number of hydrogen-bond acceptors (Lipinski definition) is 2. The van der Waals surface area contributed by atoms with Crippen LogP contribution in [0.4, 0.5) is 0 Å². The Kier molecular flexibility index (Phi) is 3.74. The normalized spacial score (nSPS) is 9.00. The molecule has 0 bridgehead atoms. The highest BCUT2D eigenvalue weighted by molar-refractivity contribution is 5.91. The number of hydrogen-bond donors (Lipinski definition) is 1. The van der Waals surface area contributed by atoms with E-state index in [0.717, 1.165) is 0 Å². The van der Waals surface area contributed by atoms with Crippen LogP contribution in [0.15, 0.2) is 12.5 Å². The maximum Gasteiger partial charge on any atom is 0.271 e. The summed E-state index contributed by atoms with van der Waals surface area (Å²) in [6, 6.07) is 0. The maximum absolute atomic E-state index is 11.4. The lowest BCUT2D eigenvalue weighted by Crippen LogP contribution is -2.24. The van der Waals surface area contributed by atoms with Crippen LogP contribution in [0.25, 0.3) is 0 Å². The van der Waals surface area contributed by atoms with Gasteiger partial charge >= 0.3 is 0 Å². The van der Waals surface area contributed by atoms with E-state index in [-0.39, 0.29) is 5.91 Å². The van der Waals surface area contributed by atoms with Gasteiger partial charge in [-0.1, -0.05) is 0 Å². The van der Waals surface area contributed by atoms with Crippen LogP contribution in [0.3, 0.4) is 0 Å². The van der Waals surface area contributed by atoms with Crippen molar-refractivity contribution in [2.45, 2.75) is 13.3 Å². The van der Waals surface area contributed by atoms with Gasteiger partial charge in [0.15, 0.2) is 0 Å². The fraction of sp³-hybridized carbons (Fsp3) is 0.400. The minimum atomic E-state index is -0.150. The van der Waals surface area contributed by atoms with Crippen molar-refractivity contribution in [3.8, 4) is 11.8 Å². The lowest BCUT2D eigenvalue weighted by molar-refractivity contribution is 0.0950. The first-order valence-electron chi connectivity index (χ1n) is 4.40. The average Bonchev–Trinajstić information content (AvgIpc) is 2.59. The van der Waals surface area contributed by atoms with E-state index < -0.39 is 0 Å². The van der Waals surface area contributed by atoms with Crippen molar-refractivity contribution in [1.29, 1.82) is 0 Å². The van der Waals surface area contributed by atoms with Crippen molar-refractivity contribution in [3.05, 3.63) is 18.2 Å². The van der Waals surface area contributed by atoms with Crippen LogP contribution >= 0.6 is 0 Å². The summed E-state index contributed by atoms with van der Waals surface area (Å²) in [4.78, 5) is 15.3. The summed E-state index contributed by atoms with van der Waals surface area (Å²) in [7, 11) is 1.83. The van der Waals surface area contributed by atoms with E-state index in [1.165, 1.54) is 0 Å². The van der Waals surface area contributed by atoms with Crippen LogP contribution in [-0.2, 0) is 7.05 Å². The fourth-order valence-corrected chi connectivity index (χ4v) is 0.984. The van der Waals surface area contributed by atoms with Crippen molar-refractivity contribution in [1.82, 2.24) is 14.9 Å². The molecule has 1 heterocycles. The molecule has 0 aliphatic carbocycles. The number of rotatable bonds is 3. The second-order valence-corrected chi connectivity index (χ2v) is 2.86. The summed E-state index contributed by atoms with van der Waals surface area (Å²) >= 11 is 0. The molecule has 0 radical (unpaired) electrons. The van der Waals surface area contributed by atoms with Gasteiger partial charge in [0, 0.05) is 26.2 Å².